The Kier molecular flexibility index (Phi) is 3.59. The Hall–Kier alpha value is -0.220. The fourth-order valence-electron chi connectivity index (χ4n) is 4.38. The minimum Gasteiger partial charge on any atom is -0.352 e. The van der Waals surface area contributed by atoms with Crippen LogP contribution >= 0.6 is 11.8 Å². The number of hydrogen-bond donors (Lipinski definition) is 2. The van der Waals surface area contributed by atoms with E-state index in [1.165, 1.54) is 32.1 Å². The molecule has 3 rings (SSSR count). The van der Waals surface area contributed by atoms with Crippen molar-refractivity contribution < 1.29 is 4.79 Å². The summed E-state index contributed by atoms with van der Waals surface area (Å²) in [4.78, 5) is 12.5. The highest BCUT2D eigenvalue weighted by Crippen LogP contribution is 2.47. The molecule has 3 fully saturated rings. The average molecular weight is 268 g/mol. The van der Waals surface area contributed by atoms with Crippen LogP contribution in [0.1, 0.15) is 38.5 Å². The smallest absolute Gasteiger partial charge is 0.225 e. The van der Waals surface area contributed by atoms with E-state index in [0.717, 1.165) is 6.42 Å². The number of thioether (sulfide) groups is 1. The third kappa shape index (κ3) is 2.07. The van der Waals surface area contributed by atoms with E-state index in [2.05, 4.69) is 11.6 Å². The van der Waals surface area contributed by atoms with Gasteiger partial charge in [0, 0.05) is 17.3 Å². The second kappa shape index (κ2) is 5.04. The summed E-state index contributed by atoms with van der Waals surface area (Å²) < 4.78 is 0. The third-order valence-electron chi connectivity index (χ3n) is 5.37. The number of nitrogens with two attached hydrogens (primary N) is 1. The van der Waals surface area contributed by atoms with E-state index in [9.17, 15) is 4.79 Å². The molecule has 3 aliphatic rings. The number of rotatable bonds is 3. The summed E-state index contributed by atoms with van der Waals surface area (Å²) in [7, 11) is 0. The minimum atomic E-state index is 0.104. The number of carbonyl (C=O) groups excluding carboxylic acids is 1. The molecule has 3 N–H and O–H groups in total. The normalized spacial score (nSPS) is 46.6. The molecule has 0 aromatic rings. The predicted molar refractivity (Wildman–Crippen MR) is 75.4 cm³/mol. The van der Waals surface area contributed by atoms with Crippen LogP contribution in [0.25, 0.3) is 0 Å². The van der Waals surface area contributed by atoms with Crippen molar-refractivity contribution in [3.63, 3.8) is 0 Å². The van der Waals surface area contributed by atoms with Gasteiger partial charge >= 0.3 is 0 Å². The van der Waals surface area contributed by atoms with Gasteiger partial charge < -0.3 is 11.1 Å². The van der Waals surface area contributed by atoms with E-state index in [-0.39, 0.29) is 17.9 Å². The molecule has 0 aromatic carbocycles. The molecule has 3 aliphatic carbocycles. The lowest BCUT2D eigenvalue weighted by atomic mass is 9.84. The Bertz CT molecular complexity index is 334. The van der Waals surface area contributed by atoms with Gasteiger partial charge in [-0.2, -0.15) is 11.8 Å². The standard InChI is InChI=1S/C14H24N2OS/c1-18-11-4-2-3-10(11)16-14(17)12-8-5-6-9(7-8)13(12)15/h8-13H,2-7,15H2,1H3,(H,16,17). The molecule has 0 aliphatic heterocycles. The Morgan fingerprint density at radius 1 is 1.22 bits per heavy atom. The van der Waals surface area contributed by atoms with Crippen LogP contribution in [-0.2, 0) is 4.79 Å². The lowest BCUT2D eigenvalue weighted by Crippen LogP contribution is -2.49. The maximum atomic E-state index is 12.5. The van der Waals surface area contributed by atoms with Gasteiger partial charge in [-0.15, -0.1) is 0 Å². The van der Waals surface area contributed by atoms with Crippen LogP contribution in [0.15, 0.2) is 0 Å². The van der Waals surface area contributed by atoms with Crippen molar-refractivity contribution in [3.05, 3.63) is 0 Å². The molecule has 0 spiro atoms. The first kappa shape index (κ1) is 12.8. The largest absolute Gasteiger partial charge is 0.352 e. The molecule has 1 amide bonds. The van der Waals surface area contributed by atoms with Crippen molar-refractivity contribution in [2.75, 3.05) is 6.26 Å². The van der Waals surface area contributed by atoms with Gasteiger partial charge in [-0.1, -0.05) is 6.42 Å². The topological polar surface area (TPSA) is 55.1 Å². The highest BCUT2D eigenvalue weighted by Gasteiger charge is 2.49. The van der Waals surface area contributed by atoms with E-state index in [1.807, 2.05) is 11.8 Å². The number of carbonyl (C=O) groups is 1. The van der Waals surface area contributed by atoms with E-state index in [4.69, 9.17) is 5.73 Å². The summed E-state index contributed by atoms with van der Waals surface area (Å²) in [6, 6.07) is 0.511. The minimum absolute atomic E-state index is 0.104. The maximum absolute atomic E-state index is 12.5. The third-order valence-corrected chi connectivity index (χ3v) is 6.54. The number of hydrogen-bond acceptors (Lipinski definition) is 3. The van der Waals surface area contributed by atoms with Crippen LogP contribution in [0, 0.1) is 17.8 Å². The van der Waals surface area contributed by atoms with Gasteiger partial charge in [0.25, 0.3) is 0 Å². The van der Waals surface area contributed by atoms with Crippen LogP contribution in [0.2, 0.25) is 0 Å². The monoisotopic (exact) mass is 268 g/mol. The van der Waals surface area contributed by atoms with E-state index < -0.39 is 0 Å². The lowest BCUT2D eigenvalue weighted by molar-refractivity contribution is -0.127. The fourth-order valence-corrected chi connectivity index (χ4v) is 5.31. The summed E-state index contributed by atoms with van der Waals surface area (Å²) in [5.74, 6) is 1.54. The first-order valence-electron chi connectivity index (χ1n) is 7.29. The Morgan fingerprint density at radius 2 is 2.00 bits per heavy atom. The molecule has 102 valence electrons. The summed E-state index contributed by atoms with van der Waals surface area (Å²) in [5, 5.41) is 3.91. The molecule has 0 heterocycles. The fraction of sp³-hybridized carbons (Fsp3) is 0.929. The van der Waals surface area contributed by atoms with Gasteiger partial charge in [-0.05, 0) is 50.2 Å². The predicted octanol–water partition coefficient (Wildman–Crippen LogP) is 1.76. The molecule has 3 nitrogen and oxygen atoms in total. The van der Waals surface area contributed by atoms with Crippen molar-refractivity contribution in [2.45, 2.75) is 55.9 Å². The number of amides is 1. The van der Waals surface area contributed by atoms with Gasteiger partial charge in [0.05, 0.1) is 5.92 Å². The van der Waals surface area contributed by atoms with Crippen LogP contribution in [0.5, 0.6) is 0 Å². The van der Waals surface area contributed by atoms with Crippen LogP contribution in [0.3, 0.4) is 0 Å². The zero-order valence-electron chi connectivity index (χ0n) is 11.1. The van der Waals surface area contributed by atoms with Gasteiger partial charge in [0.15, 0.2) is 0 Å². The van der Waals surface area contributed by atoms with Crippen molar-refractivity contribution in [1.82, 2.24) is 5.32 Å². The van der Waals surface area contributed by atoms with Crippen molar-refractivity contribution in [1.29, 1.82) is 0 Å². The number of fused-ring (bicyclic) bond motifs is 2. The van der Waals surface area contributed by atoms with Gasteiger partial charge in [-0.3, -0.25) is 4.79 Å². The average Bonchev–Trinajstić information content (AvgIpc) is 3.03. The van der Waals surface area contributed by atoms with E-state index >= 15 is 0 Å². The van der Waals surface area contributed by atoms with Crippen molar-refractivity contribution in [3.8, 4) is 0 Å². The SMILES string of the molecule is CSC1CCCC1NC(=O)C1C2CCC(C2)C1N. The molecule has 0 radical (unpaired) electrons. The highest BCUT2D eigenvalue weighted by atomic mass is 32.2. The molecule has 2 bridgehead atoms. The van der Waals surface area contributed by atoms with E-state index in [0.29, 0.717) is 23.1 Å². The molecule has 6 atom stereocenters. The first-order chi connectivity index (χ1) is 8.70. The maximum Gasteiger partial charge on any atom is 0.225 e. The lowest BCUT2D eigenvalue weighted by Gasteiger charge is -2.29. The second-order valence-electron chi connectivity index (χ2n) is 6.26. The van der Waals surface area contributed by atoms with Gasteiger partial charge in [0.1, 0.15) is 0 Å². The number of nitrogens with one attached hydrogen (secondary N) is 1. The van der Waals surface area contributed by atoms with Crippen LogP contribution in [0.4, 0.5) is 0 Å². The molecular weight excluding hydrogens is 244 g/mol. The Balaban J connectivity index is 1.61. The summed E-state index contributed by atoms with van der Waals surface area (Å²) in [6.07, 6.45) is 9.44. The zero-order valence-corrected chi connectivity index (χ0v) is 11.9. The molecule has 3 saturated carbocycles. The first-order valence-corrected chi connectivity index (χ1v) is 8.58. The zero-order chi connectivity index (χ0) is 12.7. The van der Waals surface area contributed by atoms with Gasteiger partial charge in [-0.25, -0.2) is 0 Å². The van der Waals surface area contributed by atoms with Crippen molar-refractivity contribution in [2.24, 2.45) is 23.5 Å². The van der Waals surface area contributed by atoms with Gasteiger partial charge in [0.2, 0.25) is 5.91 Å². The summed E-state index contributed by atoms with van der Waals surface area (Å²) in [6.45, 7) is 0. The molecule has 6 unspecified atom stereocenters. The Morgan fingerprint density at radius 3 is 2.67 bits per heavy atom. The molecule has 4 heteroatoms. The van der Waals surface area contributed by atoms with Crippen LogP contribution in [-0.4, -0.2) is 29.5 Å². The Labute approximate surface area is 114 Å². The van der Waals surface area contributed by atoms with E-state index in [1.54, 1.807) is 0 Å². The highest BCUT2D eigenvalue weighted by molar-refractivity contribution is 7.99. The van der Waals surface area contributed by atoms with Crippen LogP contribution < -0.4 is 11.1 Å². The van der Waals surface area contributed by atoms with Crippen molar-refractivity contribution >= 4 is 17.7 Å². The molecular formula is C14H24N2OS. The molecule has 0 aromatic heterocycles. The molecule has 18 heavy (non-hydrogen) atoms. The quantitative estimate of drug-likeness (QED) is 0.820. The summed E-state index contributed by atoms with van der Waals surface area (Å²) in [5.41, 5.74) is 6.24. The summed E-state index contributed by atoms with van der Waals surface area (Å²) >= 11 is 1.90. The second-order valence-corrected chi connectivity index (χ2v) is 7.33. The molecule has 0 saturated heterocycles.